The van der Waals surface area contributed by atoms with Crippen molar-refractivity contribution in [1.29, 1.82) is 0 Å². The minimum absolute atomic E-state index is 0.153. The standard InChI is InChI=1S/C15H18N4O2S/c20-22(21,14-6-2-1-3-7-14)17-12-13-8-9-16-15(18-13)19-10-4-5-11-19/h1-3,6-9,17H,4-5,10-12H2. The van der Waals surface area contributed by atoms with Gasteiger partial charge in [-0.25, -0.2) is 23.1 Å². The number of rotatable bonds is 5. The fourth-order valence-electron chi connectivity index (χ4n) is 2.40. The molecule has 0 saturated carbocycles. The normalized spacial score (nSPS) is 15.2. The molecular weight excluding hydrogens is 300 g/mol. The van der Waals surface area contributed by atoms with Crippen LogP contribution >= 0.6 is 0 Å². The van der Waals surface area contributed by atoms with E-state index in [9.17, 15) is 8.42 Å². The third kappa shape index (κ3) is 3.42. The minimum atomic E-state index is -3.51. The summed E-state index contributed by atoms with van der Waals surface area (Å²) in [6, 6.07) is 10.0. The number of nitrogens with zero attached hydrogens (tertiary/aromatic N) is 3. The molecule has 2 aromatic rings. The summed E-state index contributed by atoms with van der Waals surface area (Å²) in [5.41, 5.74) is 0.663. The van der Waals surface area contributed by atoms with Gasteiger partial charge in [0.2, 0.25) is 16.0 Å². The molecule has 0 spiro atoms. The SMILES string of the molecule is O=S(=O)(NCc1ccnc(N2CCCC2)n1)c1ccccc1. The molecule has 7 heteroatoms. The van der Waals surface area contributed by atoms with Gasteiger partial charge in [-0.3, -0.25) is 0 Å². The van der Waals surface area contributed by atoms with E-state index >= 15 is 0 Å². The zero-order chi connectivity index (χ0) is 15.4. The predicted octanol–water partition coefficient (Wildman–Crippen LogP) is 1.56. The van der Waals surface area contributed by atoms with Crippen molar-refractivity contribution in [3.63, 3.8) is 0 Å². The second-order valence-electron chi connectivity index (χ2n) is 5.18. The minimum Gasteiger partial charge on any atom is -0.341 e. The quantitative estimate of drug-likeness (QED) is 0.905. The number of nitrogens with one attached hydrogen (secondary N) is 1. The van der Waals surface area contributed by atoms with Crippen LogP contribution in [0.25, 0.3) is 0 Å². The van der Waals surface area contributed by atoms with Crippen LogP contribution in [0.1, 0.15) is 18.5 Å². The molecule has 0 radical (unpaired) electrons. The molecule has 116 valence electrons. The van der Waals surface area contributed by atoms with Gasteiger partial charge in [0.1, 0.15) is 0 Å². The van der Waals surface area contributed by atoms with Crippen molar-refractivity contribution >= 4 is 16.0 Å². The summed E-state index contributed by atoms with van der Waals surface area (Å²) < 4.78 is 26.9. The molecule has 1 aliphatic rings. The largest absolute Gasteiger partial charge is 0.341 e. The maximum atomic E-state index is 12.2. The Labute approximate surface area is 130 Å². The van der Waals surface area contributed by atoms with Gasteiger partial charge in [-0.2, -0.15) is 0 Å². The number of sulfonamides is 1. The van der Waals surface area contributed by atoms with Gasteiger partial charge in [-0.05, 0) is 31.0 Å². The Morgan fingerprint density at radius 2 is 1.82 bits per heavy atom. The summed E-state index contributed by atoms with van der Waals surface area (Å²) in [7, 11) is -3.51. The lowest BCUT2D eigenvalue weighted by atomic mass is 10.4. The summed E-state index contributed by atoms with van der Waals surface area (Å²) in [5.74, 6) is 0.675. The van der Waals surface area contributed by atoms with E-state index in [1.165, 1.54) is 0 Å². The first-order chi connectivity index (χ1) is 10.6. The molecule has 0 amide bonds. The van der Waals surface area contributed by atoms with Gasteiger partial charge < -0.3 is 4.90 Å². The Balaban J connectivity index is 1.70. The van der Waals surface area contributed by atoms with Crippen LogP contribution in [0.3, 0.4) is 0 Å². The Hall–Kier alpha value is -1.99. The second kappa shape index (κ2) is 6.41. The van der Waals surface area contributed by atoms with E-state index in [2.05, 4.69) is 19.6 Å². The number of anilines is 1. The summed E-state index contributed by atoms with van der Waals surface area (Å²) >= 11 is 0. The van der Waals surface area contributed by atoms with Crippen molar-refractivity contribution in [2.45, 2.75) is 24.3 Å². The number of hydrogen-bond donors (Lipinski definition) is 1. The fraction of sp³-hybridized carbons (Fsp3) is 0.333. The highest BCUT2D eigenvalue weighted by molar-refractivity contribution is 7.89. The molecule has 1 N–H and O–H groups in total. The average molecular weight is 318 g/mol. The van der Waals surface area contributed by atoms with Crippen molar-refractivity contribution in [3.8, 4) is 0 Å². The molecule has 1 aromatic carbocycles. The summed E-state index contributed by atoms with van der Waals surface area (Å²) in [6.07, 6.45) is 3.97. The van der Waals surface area contributed by atoms with E-state index in [1.54, 1.807) is 42.6 Å². The smallest absolute Gasteiger partial charge is 0.240 e. The molecule has 0 atom stereocenters. The van der Waals surface area contributed by atoms with Crippen molar-refractivity contribution in [1.82, 2.24) is 14.7 Å². The van der Waals surface area contributed by atoms with Crippen molar-refractivity contribution < 1.29 is 8.42 Å². The van der Waals surface area contributed by atoms with Crippen molar-refractivity contribution in [2.24, 2.45) is 0 Å². The van der Waals surface area contributed by atoms with Gasteiger partial charge >= 0.3 is 0 Å². The molecule has 2 heterocycles. The molecule has 0 aliphatic carbocycles. The van der Waals surface area contributed by atoms with E-state index in [-0.39, 0.29) is 11.4 Å². The highest BCUT2D eigenvalue weighted by atomic mass is 32.2. The van der Waals surface area contributed by atoms with Crippen LogP contribution in [0.15, 0.2) is 47.5 Å². The molecule has 1 aromatic heterocycles. The van der Waals surface area contributed by atoms with Gasteiger partial charge in [0.25, 0.3) is 0 Å². The van der Waals surface area contributed by atoms with Crippen LogP contribution < -0.4 is 9.62 Å². The highest BCUT2D eigenvalue weighted by Gasteiger charge is 2.16. The van der Waals surface area contributed by atoms with Crippen LogP contribution in [0, 0.1) is 0 Å². The molecular formula is C15H18N4O2S. The third-order valence-corrected chi connectivity index (χ3v) is 5.00. The van der Waals surface area contributed by atoms with Gasteiger partial charge in [0.15, 0.2) is 0 Å². The molecule has 1 saturated heterocycles. The molecule has 1 aliphatic heterocycles. The number of benzene rings is 1. The zero-order valence-electron chi connectivity index (χ0n) is 12.1. The first-order valence-corrected chi connectivity index (χ1v) is 8.75. The van der Waals surface area contributed by atoms with Gasteiger partial charge in [-0.1, -0.05) is 18.2 Å². The molecule has 22 heavy (non-hydrogen) atoms. The number of hydrogen-bond acceptors (Lipinski definition) is 5. The van der Waals surface area contributed by atoms with Crippen LogP contribution in [0.5, 0.6) is 0 Å². The third-order valence-electron chi connectivity index (χ3n) is 3.59. The van der Waals surface area contributed by atoms with E-state index in [4.69, 9.17) is 0 Å². The summed E-state index contributed by atoms with van der Waals surface area (Å²) in [4.78, 5) is 11.1. The Kier molecular flexibility index (Phi) is 4.35. The van der Waals surface area contributed by atoms with Crippen molar-refractivity contribution in [3.05, 3.63) is 48.3 Å². The van der Waals surface area contributed by atoms with E-state index in [1.807, 2.05) is 0 Å². The zero-order valence-corrected chi connectivity index (χ0v) is 13.0. The molecule has 3 rings (SSSR count). The second-order valence-corrected chi connectivity index (χ2v) is 6.95. The lowest BCUT2D eigenvalue weighted by Crippen LogP contribution is -2.25. The summed E-state index contributed by atoms with van der Waals surface area (Å²) in [6.45, 7) is 2.07. The van der Waals surface area contributed by atoms with Crippen LogP contribution in [-0.4, -0.2) is 31.5 Å². The lowest BCUT2D eigenvalue weighted by Gasteiger charge is -2.15. The topological polar surface area (TPSA) is 75.2 Å². The van der Waals surface area contributed by atoms with Gasteiger partial charge in [0, 0.05) is 19.3 Å². The summed E-state index contributed by atoms with van der Waals surface area (Å²) in [5, 5.41) is 0. The first kappa shape index (κ1) is 14.9. The monoisotopic (exact) mass is 318 g/mol. The fourth-order valence-corrected chi connectivity index (χ4v) is 3.42. The molecule has 0 unspecified atom stereocenters. The Morgan fingerprint density at radius 3 is 2.55 bits per heavy atom. The van der Waals surface area contributed by atoms with Crippen molar-refractivity contribution in [2.75, 3.05) is 18.0 Å². The Morgan fingerprint density at radius 1 is 1.09 bits per heavy atom. The lowest BCUT2D eigenvalue weighted by molar-refractivity contribution is 0.580. The van der Waals surface area contributed by atoms with Crippen LogP contribution in [-0.2, 0) is 16.6 Å². The Bertz CT molecular complexity index is 728. The first-order valence-electron chi connectivity index (χ1n) is 7.27. The molecule has 1 fully saturated rings. The van der Waals surface area contributed by atoms with Crippen LogP contribution in [0.2, 0.25) is 0 Å². The highest BCUT2D eigenvalue weighted by Crippen LogP contribution is 2.15. The molecule has 0 bridgehead atoms. The molecule has 6 nitrogen and oxygen atoms in total. The predicted molar refractivity (Wildman–Crippen MR) is 83.9 cm³/mol. The van der Waals surface area contributed by atoms with Crippen LogP contribution in [0.4, 0.5) is 5.95 Å². The van der Waals surface area contributed by atoms with E-state index < -0.39 is 10.0 Å². The number of aromatic nitrogens is 2. The maximum absolute atomic E-state index is 12.2. The van der Waals surface area contributed by atoms with E-state index in [0.717, 1.165) is 25.9 Å². The average Bonchev–Trinajstić information content (AvgIpc) is 3.09. The maximum Gasteiger partial charge on any atom is 0.240 e. The van der Waals surface area contributed by atoms with Gasteiger partial charge in [-0.15, -0.1) is 0 Å². The van der Waals surface area contributed by atoms with E-state index in [0.29, 0.717) is 11.6 Å². The van der Waals surface area contributed by atoms with Gasteiger partial charge in [0.05, 0.1) is 17.1 Å².